The van der Waals surface area contributed by atoms with Gasteiger partial charge in [-0.05, 0) is 105 Å². The second kappa shape index (κ2) is 14.1. The normalized spacial score (nSPS) is 22.4. The molecule has 51 heavy (non-hydrogen) atoms. The van der Waals surface area contributed by atoms with Crippen LogP contribution in [-0.2, 0) is 18.4 Å². The maximum atomic E-state index is 5.61. The molecule has 3 aromatic heterocycles. The largest absolute Gasteiger partial charge is 0.497 e. The van der Waals surface area contributed by atoms with Gasteiger partial charge in [-0.25, -0.2) is 15.0 Å². The topological polar surface area (TPSA) is 93.1 Å². The van der Waals surface area contributed by atoms with Gasteiger partial charge in [-0.3, -0.25) is 4.90 Å². The molecule has 9 nitrogen and oxygen atoms in total. The van der Waals surface area contributed by atoms with Crippen molar-refractivity contribution in [1.29, 1.82) is 0 Å². The summed E-state index contributed by atoms with van der Waals surface area (Å²) < 4.78 is 13.4. The molecule has 0 bridgehead atoms. The van der Waals surface area contributed by atoms with Crippen molar-refractivity contribution >= 4 is 27.9 Å². The Morgan fingerprint density at radius 1 is 0.922 bits per heavy atom. The minimum absolute atomic E-state index is 0.141. The first-order valence-corrected chi connectivity index (χ1v) is 19.3. The number of benzene rings is 2. The highest BCUT2D eigenvalue weighted by Gasteiger charge is 2.40. The zero-order chi connectivity index (χ0) is 35.1. The molecule has 3 fully saturated rings. The molecule has 9 heteroatoms. The SMILES string of the molecule is COc1ccc(CNc2ncnc3c2ccn3[C@H]2CC[C@@H](CN(C3CCC3)C3CC(CCc4nc5cc(C(C)(C)C)ccc5[nH]4)C3)C2)c(OC)c1. The zero-order valence-corrected chi connectivity index (χ0v) is 31.1. The van der Waals surface area contributed by atoms with E-state index in [0.717, 1.165) is 75.6 Å². The van der Waals surface area contributed by atoms with Gasteiger partial charge in [0.25, 0.3) is 0 Å². The highest BCUT2D eigenvalue weighted by molar-refractivity contribution is 5.87. The van der Waals surface area contributed by atoms with Crippen molar-refractivity contribution in [3.63, 3.8) is 0 Å². The molecule has 3 heterocycles. The highest BCUT2D eigenvalue weighted by atomic mass is 16.5. The van der Waals surface area contributed by atoms with Crippen molar-refractivity contribution in [2.75, 3.05) is 26.1 Å². The van der Waals surface area contributed by atoms with Crippen molar-refractivity contribution in [3.8, 4) is 11.5 Å². The summed E-state index contributed by atoms with van der Waals surface area (Å²) in [5, 5.41) is 4.61. The summed E-state index contributed by atoms with van der Waals surface area (Å²) in [5.74, 6) is 5.14. The summed E-state index contributed by atoms with van der Waals surface area (Å²) in [6, 6.07) is 16.8. The summed E-state index contributed by atoms with van der Waals surface area (Å²) in [6.45, 7) is 8.66. The summed E-state index contributed by atoms with van der Waals surface area (Å²) >= 11 is 0. The minimum atomic E-state index is 0.141. The molecule has 0 spiro atoms. The first-order chi connectivity index (χ1) is 24.7. The number of hydrogen-bond donors (Lipinski definition) is 2. The number of fused-ring (bicyclic) bond motifs is 2. The fourth-order valence-electron chi connectivity index (χ4n) is 8.85. The molecule has 3 aliphatic rings. The molecule has 0 saturated heterocycles. The number of ether oxygens (including phenoxy) is 2. The van der Waals surface area contributed by atoms with E-state index in [1.807, 2.05) is 18.2 Å². The summed E-state index contributed by atoms with van der Waals surface area (Å²) in [5.41, 5.74) is 5.84. The summed E-state index contributed by atoms with van der Waals surface area (Å²) in [4.78, 5) is 20.9. The van der Waals surface area contributed by atoms with Crippen LogP contribution in [0.4, 0.5) is 5.82 Å². The molecule has 3 aliphatic carbocycles. The Morgan fingerprint density at radius 2 is 1.78 bits per heavy atom. The van der Waals surface area contributed by atoms with Gasteiger partial charge in [-0.1, -0.05) is 33.3 Å². The maximum absolute atomic E-state index is 5.61. The third-order valence-corrected chi connectivity index (χ3v) is 12.2. The van der Waals surface area contributed by atoms with Gasteiger partial charge in [-0.15, -0.1) is 0 Å². The standard InChI is InChI=1S/C42H55N7O2/c1-42(2,3)30-12-15-36-37(22-30)47-39(46-36)16-10-27-19-33(20-27)49(31-7-6-8-31)25-28-9-13-32(21-28)48-18-17-35-40(44-26-45-41(35)48)43-24-29-11-14-34(50-4)23-38(29)51-5/h11-12,14-15,17-18,22-23,26-28,31-33H,6-10,13,16,19-21,24-25H2,1-5H3,(H,46,47)(H,43,44,45)/t27?,28-,32+,33?/m1/s1. The van der Waals surface area contributed by atoms with Crippen LogP contribution in [0, 0.1) is 11.8 Å². The smallest absolute Gasteiger partial charge is 0.145 e. The zero-order valence-electron chi connectivity index (χ0n) is 31.1. The Kier molecular flexibility index (Phi) is 9.42. The lowest BCUT2D eigenvalue weighted by molar-refractivity contribution is -0.00106. The van der Waals surface area contributed by atoms with Gasteiger partial charge in [0.15, 0.2) is 0 Å². The van der Waals surface area contributed by atoms with Crippen LogP contribution >= 0.6 is 0 Å². The van der Waals surface area contributed by atoms with Gasteiger partial charge in [0.05, 0.1) is 30.6 Å². The fourth-order valence-corrected chi connectivity index (χ4v) is 8.85. The Hall–Kier alpha value is -4.11. The van der Waals surface area contributed by atoms with E-state index < -0.39 is 0 Å². The van der Waals surface area contributed by atoms with Gasteiger partial charge >= 0.3 is 0 Å². The summed E-state index contributed by atoms with van der Waals surface area (Å²) in [7, 11) is 3.36. The third kappa shape index (κ3) is 7.06. The van der Waals surface area contributed by atoms with Gasteiger partial charge in [0, 0.05) is 55.5 Å². The number of anilines is 1. The Labute approximate surface area is 302 Å². The van der Waals surface area contributed by atoms with Crippen LogP contribution in [0.25, 0.3) is 22.1 Å². The predicted molar refractivity (Wildman–Crippen MR) is 205 cm³/mol. The number of hydrogen-bond acceptors (Lipinski definition) is 7. The lowest BCUT2D eigenvalue weighted by Crippen LogP contribution is -2.53. The summed E-state index contributed by atoms with van der Waals surface area (Å²) in [6.07, 6.45) is 16.8. The number of aromatic nitrogens is 5. The molecule has 270 valence electrons. The van der Waals surface area contributed by atoms with E-state index >= 15 is 0 Å². The highest BCUT2D eigenvalue weighted by Crippen LogP contribution is 2.43. The number of nitrogens with zero attached hydrogens (tertiary/aromatic N) is 5. The predicted octanol–water partition coefficient (Wildman–Crippen LogP) is 8.84. The third-order valence-electron chi connectivity index (χ3n) is 12.2. The van der Waals surface area contributed by atoms with Crippen LogP contribution < -0.4 is 14.8 Å². The first-order valence-electron chi connectivity index (χ1n) is 19.3. The first kappa shape index (κ1) is 34.0. The van der Waals surface area contributed by atoms with E-state index in [9.17, 15) is 0 Å². The molecule has 2 aromatic carbocycles. The molecule has 0 aliphatic heterocycles. The van der Waals surface area contributed by atoms with Crippen LogP contribution in [-0.4, -0.2) is 62.3 Å². The van der Waals surface area contributed by atoms with E-state index in [1.165, 1.54) is 75.4 Å². The Bertz CT molecular complexity index is 1970. The monoisotopic (exact) mass is 689 g/mol. The number of H-pyrrole nitrogens is 1. The molecule has 8 rings (SSSR count). The van der Waals surface area contributed by atoms with Gasteiger partial charge in [0.1, 0.15) is 35.1 Å². The van der Waals surface area contributed by atoms with Gasteiger partial charge in [0.2, 0.25) is 0 Å². The minimum Gasteiger partial charge on any atom is -0.497 e. The van der Waals surface area contributed by atoms with Crippen LogP contribution in [0.3, 0.4) is 0 Å². The van der Waals surface area contributed by atoms with Crippen molar-refractivity contribution < 1.29 is 9.47 Å². The molecule has 5 aromatic rings. The van der Waals surface area contributed by atoms with Crippen LogP contribution in [0.2, 0.25) is 0 Å². The number of aromatic amines is 1. The van der Waals surface area contributed by atoms with Gasteiger partial charge < -0.3 is 24.3 Å². The van der Waals surface area contributed by atoms with Crippen molar-refractivity contribution in [2.45, 2.75) is 115 Å². The molecule has 0 amide bonds. The van der Waals surface area contributed by atoms with E-state index in [-0.39, 0.29) is 5.41 Å². The number of rotatable bonds is 13. The average molecular weight is 690 g/mol. The Morgan fingerprint density at radius 3 is 2.55 bits per heavy atom. The van der Waals surface area contributed by atoms with E-state index in [4.69, 9.17) is 19.4 Å². The number of imidazole rings is 1. The average Bonchev–Trinajstić information content (AvgIpc) is 3.83. The number of aryl methyl sites for hydroxylation is 1. The quantitative estimate of drug-likeness (QED) is 0.128. The second-order valence-corrected chi connectivity index (χ2v) is 16.5. The molecule has 2 N–H and O–H groups in total. The molecule has 0 unspecified atom stereocenters. The van der Waals surface area contributed by atoms with E-state index in [1.54, 1.807) is 20.5 Å². The van der Waals surface area contributed by atoms with E-state index in [2.05, 4.69) is 76.0 Å². The second-order valence-electron chi connectivity index (χ2n) is 16.5. The van der Waals surface area contributed by atoms with Crippen LogP contribution in [0.5, 0.6) is 11.5 Å². The maximum Gasteiger partial charge on any atom is 0.145 e. The lowest BCUT2D eigenvalue weighted by atomic mass is 9.74. The molecular weight excluding hydrogens is 635 g/mol. The van der Waals surface area contributed by atoms with Crippen molar-refractivity contribution in [3.05, 3.63) is 71.9 Å². The molecule has 2 atom stereocenters. The lowest BCUT2D eigenvalue weighted by Gasteiger charge is -2.50. The van der Waals surface area contributed by atoms with Gasteiger partial charge in [-0.2, -0.15) is 0 Å². The van der Waals surface area contributed by atoms with Crippen LogP contribution in [0.1, 0.15) is 102 Å². The Balaban J connectivity index is 0.862. The van der Waals surface area contributed by atoms with Crippen LogP contribution in [0.15, 0.2) is 55.0 Å². The molecule has 0 radical (unpaired) electrons. The number of nitrogens with one attached hydrogen (secondary N) is 2. The number of methoxy groups -OCH3 is 2. The fraction of sp³-hybridized carbons (Fsp3) is 0.548. The van der Waals surface area contributed by atoms with E-state index in [0.29, 0.717) is 12.6 Å². The molecule has 3 saturated carbocycles. The van der Waals surface area contributed by atoms with Crippen molar-refractivity contribution in [1.82, 2.24) is 29.4 Å². The molecular formula is C42H55N7O2. The van der Waals surface area contributed by atoms with Crippen molar-refractivity contribution in [2.24, 2.45) is 11.8 Å².